The van der Waals surface area contributed by atoms with Crippen LogP contribution < -0.4 is 15.2 Å². The fourth-order valence-electron chi connectivity index (χ4n) is 3.28. The summed E-state index contributed by atoms with van der Waals surface area (Å²) in [6.07, 6.45) is 4.32. The highest BCUT2D eigenvalue weighted by atomic mass is 16.5. The molecule has 1 aromatic rings. The second-order valence-corrected chi connectivity index (χ2v) is 6.35. The third kappa shape index (κ3) is 3.90. The van der Waals surface area contributed by atoms with Crippen molar-refractivity contribution in [3.63, 3.8) is 0 Å². The Morgan fingerprint density at radius 1 is 1.38 bits per heavy atom. The van der Waals surface area contributed by atoms with E-state index in [1.165, 1.54) is 0 Å². The van der Waals surface area contributed by atoms with Crippen molar-refractivity contribution in [2.75, 3.05) is 27.3 Å². The van der Waals surface area contributed by atoms with Gasteiger partial charge in [-0.2, -0.15) is 0 Å². The number of hydrogen-bond acceptors (Lipinski definition) is 4. The number of carbonyl (C=O) groups excluding carboxylic acids is 1. The van der Waals surface area contributed by atoms with E-state index in [4.69, 9.17) is 15.2 Å². The van der Waals surface area contributed by atoms with Gasteiger partial charge in [-0.1, -0.05) is 6.08 Å². The summed E-state index contributed by atoms with van der Waals surface area (Å²) in [6.45, 7) is 7.30. The lowest BCUT2D eigenvalue weighted by Gasteiger charge is -2.34. The molecule has 0 radical (unpaired) electrons. The van der Waals surface area contributed by atoms with Gasteiger partial charge in [-0.3, -0.25) is 4.79 Å². The van der Waals surface area contributed by atoms with Crippen LogP contribution in [0.3, 0.4) is 0 Å². The molecule has 1 heterocycles. The predicted octanol–water partition coefficient (Wildman–Crippen LogP) is 2.63. The minimum atomic E-state index is 0.0318. The van der Waals surface area contributed by atoms with Crippen molar-refractivity contribution in [2.24, 2.45) is 11.7 Å². The summed E-state index contributed by atoms with van der Waals surface area (Å²) in [7, 11) is 3.18. The second-order valence-electron chi connectivity index (χ2n) is 6.35. The summed E-state index contributed by atoms with van der Waals surface area (Å²) < 4.78 is 10.8. The Morgan fingerprint density at radius 2 is 2.04 bits per heavy atom. The van der Waals surface area contributed by atoms with E-state index in [1.54, 1.807) is 26.4 Å². The first kappa shape index (κ1) is 18.3. The van der Waals surface area contributed by atoms with Gasteiger partial charge in [0.15, 0.2) is 11.5 Å². The molecule has 0 aromatic heterocycles. The lowest BCUT2D eigenvalue weighted by Crippen LogP contribution is -2.42. The van der Waals surface area contributed by atoms with Gasteiger partial charge in [-0.15, -0.1) is 6.58 Å². The fraction of sp³-hybridized carbons (Fsp3) is 0.526. The van der Waals surface area contributed by atoms with Crippen molar-refractivity contribution < 1.29 is 14.3 Å². The number of allylic oxidation sites excluding steroid dienone is 1. The van der Waals surface area contributed by atoms with Gasteiger partial charge in [0, 0.05) is 30.3 Å². The summed E-state index contributed by atoms with van der Waals surface area (Å²) in [5, 5.41) is 0. The molecule has 0 saturated carbocycles. The third-order valence-corrected chi connectivity index (χ3v) is 4.74. The van der Waals surface area contributed by atoms with E-state index in [0.29, 0.717) is 29.4 Å². The Bertz CT molecular complexity index is 591. The Balaban J connectivity index is 2.23. The van der Waals surface area contributed by atoms with Crippen molar-refractivity contribution in [2.45, 2.75) is 32.2 Å². The normalized spacial score (nSPS) is 16.6. The van der Waals surface area contributed by atoms with E-state index < -0.39 is 0 Å². The molecule has 5 heteroatoms. The molecule has 1 aliphatic heterocycles. The summed E-state index contributed by atoms with van der Waals surface area (Å²) in [5.74, 6) is 1.76. The average Bonchev–Trinajstić information content (AvgIpc) is 2.60. The van der Waals surface area contributed by atoms with Gasteiger partial charge in [-0.25, -0.2) is 0 Å². The van der Waals surface area contributed by atoms with E-state index in [-0.39, 0.29) is 11.9 Å². The topological polar surface area (TPSA) is 64.8 Å². The zero-order valence-corrected chi connectivity index (χ0v) is 14.9. The van der Waals surface area contributed by atoms with E-state index >= 15 is 0 Å². The number of amides is 1. The largest absolute Gasteiger partial charge is 0.493 e. The molecular weight excluding hydrogens is 304 g/mol. The Labute approximate surface area is 144 Å². The van der Waals surface area contributed by atoms with E-state index in [0.717, 1.165) is 31.5 Å². The lowest BCUT2D eigenvalue weighted by atomic mass is 9.90. The minimum Gasteiger partial charge on any atom is -0.493 e. The molecule has 1 unspecified atom stereocenters. The van der Waals surface area contributed by atoms with Gasteiger partial charge in [0.1, 0.15) is 0 Å². The van der Waals surface area contributed by atoms with Crippen molar-refractivity contribution in [3.05, 3.63) is 35.9 Å². The number of ether oxygens (including phenoxy) is 2. The van der Waals surface area contributed by atoms with Gasteiger partial charge in [0.05, 0.1) is 14.2 Å². The van der Waals surface area contributed by atoms with Crippen molar-refractivity contribution >= 4 is 5.91 Å². The summed E-state index contributed by atoms with van der Waals surface area (Å²) >= 11 is 0. The number of benzene rings is 1. The van der Waals surface area contributed by atoms with Gasteiger partial charge >= 0.3 is 0 Å². The zero-order chi connectivity index (χ0) is 17.7. The summed E-state index contributed by atoms with van der Waals surface area (Å²) in [4.78, 5) is 14.8. The Hall–Kier alpha value is -2.01. The van der Waals surface area contributed by atoms with Gasteiger partial charge in [0.25, 0.3) is 5.91 Å². The smallest absolute Gasteiger partial charge is 0.254 e. The monoisotopic (exact) mass is 332 g/mol. The van der Waals surface area contributed by atoms with E-state index in [1.807, 2.05) is 17.9 Å². The fourth-order valence-corrected chi connectivity index (χ4v) is 3.28. The van der Waals surface area contributed by atoms with Crippen molar-refractivity contribution in [1.82, 2.24) is 4.90 Å². The number of likely N-dealkylation sites (tertiary alicyclic amines) is 1. The quantitative estimate of drug-likeness (QED) is 0.813. The van der Waals surface area contributed by atoms with Crippen LogP contribution in [0.15, 0.2) is 24.8 Å². The molecule has 0 aliphatic carbocycles. The molecular formula is C19H28N2O3. The maximum Gasteiger partial charge on any atom is 0.254 e. The number of piperidine rings is 1. The maximum atomic E-state index is 12.9. The zero-order valence-electron chi connectivity index (χ0n) is 14.9. The molecule has 24 heavy (non-hydrogen) atoms. The lowest BCUT2D eigenvalue weighted by molar-refractivity contribution is 0.0680. The number of nitrogens with two attached hydrogens (primary N) is 1. The van der Waals surface area contributed by atoms with Crippen LogP contribution in [0.25, 0.3) is 0 Å². The molecule has 0 bridgehead atoms. The van der Waals surface area contributed by atoms with Crippen molar-refractivity contribution in [3.8, 4) is 11.5 Å². The first-order valence-corrected chi connectivity index (χ1v) is 8.42. The van der Waals surface area contributed by atoms with E-state index in [9.17, 15) is 4.79 Å². The molecule has 5 nitrogen and oxygen atoms in total. The van der Waals surface area contributed by atoms with Crippen LogP contribution in [0.1, 0.15) is 35.7 Å². The second kappa shape index (κ2) is 8.20. The Kier molecular flexibility index (Phi) is 6.26. The number of nitrogens with zero attached hydrogens (tertiary/aromatic N) is 1. The van der Waals surface area contributed by atoms with Gasteiger partial charge < -0.3 is 20.1 Å². The SMILES string of the molecule is C=CCc1cc(C(=O)N2CCC(C(C)N)CC2)cc(OC)c1OC. The molecule has 2 N–H and O–H groups in total. The minimum absolute atomic E-state index is 0.0318. The molecule has 1 aromatic carbocycles. The van der Waals surface area contributed by atoms with Crippen LogP contribution in [-0.2, 0) is 6.42 Å². The number of rotatable bonds is 6. The van der Waals surface area contributed by atoms with Crippen LogP contribution in [0.4, 0.5) is 0 Å². The summed E-state index contributed by atoms with van der Waals surface area (Å²) in [6, 6.07) is 3.82. The first-order chi connectivity index (χ1) is 11.5. The summed E-state index contributed by atoms with van der Waals surface area (Å²) in [5.41, 5.74) is 7.51. The molecule has 2 rings (SSSR count). The molecule has 0 spiro atoms. The van der Waals surface area contributed by atoms with Gasteiger partial charge in [-0.05, 0) is 44.2 Å². The van der Waals surface area contributed by atoms with Gasteiger partial charge in [0.2, 0.25) is 0 Å². The number of hydrogen-bond donors (Lipinski definition) is 1. The standard InChI is InChI=1S/C19H28N2O3/c1-5-6-15-11-16(12-17(23-3)18(15)24-4)19(22)21-9-7-14(8-10-21)13(2)20/h5,11-14H,1,6-10,20H2,2-4H3. The molecule has 1 aliphatic rings. The molecule has 1 atom stereocenters. The van der Waals surface area contributed by atoms with Crippen LogP contribution in [-0.4, -0.2) is 44.2 Å². The maximum absolute atomic E-state index is 12.9. The van der Waals surface area contributed by atoms with Crippen LogP contribution in [0.5, 0.6) is 11.5 Å². The highest BCUT2D eigenvalue weighted by Crippen LogP contribution is 2.34. The molecule has 1 amide bonds. The van der Waals surface area contributed by atoms with Crippen LogP contribution in [0.2, 0.25) is 0 Å². The van der Waals surface area contributed by atoms with Crippen LogP contribution in [0, 0.1) is 5.92 Å². The first-order valence-electron chi connectivity index (χ1n) is 8.42. The number of methoxy groups -OCH3 is 2. The molecule has 1 fully saturated rings. The van der Waals surface area contributed by atoms with Crippen molar-refractivity contribution in [1.29, 1.82) is 0 Å². The number of carbonyl (C=O) groups is 1. The van der Waals surface area contributed by atoms with E-state index in [2.05, 4.69) is 6.58 Å². The molecule has 132 valence electrons. The molecule has 1 saturated heterocycles. The highest BCUT2D eigenvalue weighted by molar-refractivity contribution is 5.95. The third-order valence-electron chi connectivity index (χ3n) is 4.74. The predicted molar refractivity (Wildman–Crippen MR) is 95.7 cm³/mol. The average molecular weight is 332 g/mol. The van der Waals surface area contributed by atoms with Crippen LogP contribution >= 0.6 is 0 Å². The Morgan fingerprint density at radius 3 is 2.54 bits per heavy atom. The highest BCUT2D eigenvalue weighted by Gasteiger charge is 2.26.